The summed E-state index contributed by atoms with van der Waals surface area (Å²) in [7, 11) is 0. The van der Waals surface area contributed by atoms with Gasteiger partial charge in [-0.25, -0.2) is 0 Å². The second-order valence-electron chi connectivity index (χ2n) is 4.40. The van der Waals surface area contributed by atoms with Crippen molar-refractivity contribution in [2.24, 2.45) is 5.73 Å². The Labute approximate surface area is 96.8 Å². The molecule has 0 amide bonds. The lowest BCUT2D eigenvalue weighted by Gasteiger charge is -2.27. The highest BCUT2D eigenvalue weighted by molar-refractivity contribution is 5.77. The number of nitrogens with two attached hydrogens (primary N) is 1. The zero-order valence-electron chi connectivity index (χ0n) is 9.52. The standard InChI is InChI=1S/C13H19N3/c14-13(15)10-12(16-8-4-5-9-16)11-6-2-1-3-7-11/h1-3,6-7,12H,4-5,8-10H2,(H3,14,15). The predicted molar refractivity (Wildman–Crippen MR) is 66.5 cm³/mol. The fourth-order valence-corrected chi connectivity index (χ4v) is 2.39. The van der Waals surface area contributed by atoms with Crippen LogP contribution in [0.1, 0.15) is 30.9 Å². The Kier molecular flexibility index (Phi) is 3.57. The highest BCUT2D eigenvalue weighted by Gasteiger charge is 2.23. The summed E-state index contributed by atoms with van der Waals surface area (Å²) in [6.45, 7) is 2.26. The molecule has 1 saturated heterocycles. The third-order valence-corrected chi connectivity index (χ3v) is 3.18. The number of amidine groups is 1. The molecule has 1 aliphatic rings. The lowest BCUT2D eigenvalue weighted by molar-refractivity contribution is 0.251. The van der Waals surface area contributed by atoms with Gasteiger partial charge in [-0.3, -0.25) is 10.3 Å². The zero-order chi connectivity index (χ0) is 11.4. The molecule has 1 aliphatic heterocycles. The van der Waals surface area contributed by atoms with Crippen LogP contribution in [-0.2, 0) is 0 Å². The number of likely N-dealkylation sites (tertiary alicyclic amines) is 1. The minimum absolute atomic E-state index is 0.278. The molecule has 0 aliphatic carbocycles. The monoisotopic (exact) mass is 217 g/mol. The first kappa shape index (κ1) is 11.1. The highest BCUT2D eigenvalue weighted by atomic mass is 15.2. The summed E-state index contributed by atoms with van der Waals surface area (Å²) >= 11 is 0. The molecule has 0 radical (unpaired) electrons. The summed E-state index contributed by atoms with van der Waals surface area (Å²) in [6.07, 6.45) is 3.17. The average Bonchev–Trinajstić information content (AvgIpc) is 2.80. The van der Waals surface area contributed by atoms with Gasteiger partial charge >= 0.3 is 0 Å². The van der Waals surface area contributed by atoms with Crippen molar-refractivity contribution in [2.75, 3.05) is 13.1 Å². The van der Waals surface area contributed by atoms with Crippen LogP contribution in [-0.4, -0.2) is 23.8 Å². The van der Waals surface area contributed by atoms with Crippen molar-refractivity contribution in [1.29, 1.82) is 5.41 Å². The molecule has 3 N–H and O–H groups in total. The lowest BCUT2D eigenvalue weighted by Crippen LogP contribution is -2.29. The maximum Gasteiger partial charge on any atom is 0.0924 e. The molecule has 1 aromatic rings. The fraction of sp³-hybridized carbons (Fsp3) is 0.462. The largest absolute Gasteiger partial charge is 0.388 e. The Morgan fingerprint density at radius 2 is 1.88 bits per heavy atom. The maximum atomic E-state index is 7.49. The third-order valence-electron chi connectivity index (χ3n) is 3.18. The van der Waals surface area contributed by atoms with Gasteiger partial charge < -0.3 is 5.73 Å². The molecule has 1 fully saturated rings. The van der Waals surface area contributed by atoms with E-state index in [9.17, 15) is 0 Å². The average molecular weight is 217 g/mol. The van der Waals surface area contributed by atoms with Gasteiger partial charge in [0.1, 0.15) is 0 Å². The smallest absolute Gasteiger partial charge is 0.0924 e. The molecule has 2 rings (SSSR count). The molecule has 0 aromatic heterocycles. The van der Waals surface area contributed by atoms with Gasteiger partial charge in [0.2, 0.25) is 0 Å². The first-order chi connectivity index (χ1) is 7.77. The van der Waals surface area contributed by atoms with Gasteiger partial charge in [-0.05, 0) is 31.5 Å². The zero-order valence-corrected chi connectivity index (χ0v) is 9.52. The van der Waals surface area contributed by atoms with Gasteiger partial charge in [-0.2, -0.15) is 0 Å². The van der Waals surface area contributed by atoms with E-state index in [4.69, 9.17) is 11.1 Å². The molecule has 1 aromatic carbocycles. The van der Waals surface area contributed by atoms with E-state index in [1.165, 1.54) is 18.4 Å². The van der Waals surface area contributed by atoms with Gasteiger partial charge in [0, 0.05) is 12.5 Å². The molecular weight excluding hydrogens is 198 g/mol. The number of hydrogen-bond donors (Lipinski definition) is 2. The lowest BCUT2D eigenvalue weighted by atomic mass is 10.0. The summed E-state index contributed by atoms with van der Waals surface area (Å²) in [6, 6.07) is 10.7. The number of hydrogen-bond acceptors (Lipinski definition) is 2. The van der Waals surface area contributed by atoms with E-state index in [1.54, 1.807) is 0 Å². The fourth-order valence-electron chi connectivity index (χ4n) is 2.39. The van der Waals surface area contributed by atoms with Crippen LogP contribution >= 0.6 is 0 Å². The predicted octanol–water partition coefficient (Wildman–Crippen LogP) is 2.15. The van der Waals surface area contributed by atoms with Crippen LogP contribution in [0.3, 0.4) is 0 Å². The Morgan fingerprint density at radius 1 is 1.25 bits per heavy atom. The molecule has 0 spiro atoms. The first-order valence-electron chi connectivity index (χ1n) is 5.89. The van der Waals surface area contributed by atoms with Gasteiger partial charge in [-0.1, -0.05) is 30.3 Å². The van der Waals surface area contributed by atoms with Crippen LogP contribution in [0.4, 0.5) is 0 Å². The number of benzene rings is 1. The van der Waals surface area contributed by atoms with Crippen molar-refractivity contribution in [3.8, 4) is 0 Å². The third kappa shape index (κ3) is 2.61. The molecule has 0 bridgehead atoms. The molecule has 1 heterocycles. The van der Waals surface area contributed by atoms with Crippen LogP contribution in [0.15, 0.2) is 30.3 Å². The second kappa shape index (κ2) is 5.12. The van der Waals surface area contributed by atoms with Crippen molar-refractivity contribution >= 4 is 5.84 Å². The Hall–Kier alpha value is -1.35. The first-order valence-corrected chi connectivity index (χ1v) is 5.89. The van der Waals surface area contributed by atoms with Crippen LogP contribution in [0.2, 0.25) is 0 Å². The van der Waals surface area contributed by atoms with Crippen molar-refractivity contribution in [3.63, 3.8) is 0 Å². The molecule has 86 valence electrons. The number of nitrogens with one attached hydrogen (secondary N) is 1. The van der Waals surface area contributed by atoms with E-state index in [2.05, 4.69) is 29.2 Å². The highest BCUT2D eigenvalue weighted by Crippen LogP contribution is 2.27. The summed E-state index contributed by atoms with van der Waals surface area (Å²) in [5.74, 6) is 0.278. The van der Waals surface area contributed by atoms with Crippen LogP contribution in [0.5, 0.6) is 0 Å². The molecule has 16 heavy (non-hydrogen) atoms. The molecule has 1 unspecified atom stereocenters. The minimum atomic E-state index is 0.278. The van der Waals surface area contributed by atoms with Crippen molar-refractivity contribution in [3.05, 3.63) is 35.9 Å². The van der Waals surface area contributed by atoms with Gasteiger partial charge in [0.15, 0.2) is 0 Å². The summed E-state index contributed by atoms with van der Waals surface area (Å²) in [5, 5.41) is 7.49. The second-order valence-corrected chi connectivity index (χ2v) is 4.40. The Morgan fingerprint density at radius 3 is 2.44 bits per heavy atom. The Bertz CT molecular complexity index is 341. The van der Waals surface area contributed by atoms with Crippen LogP contribution in [0.25, 0.3) is 0 Å². The van der Waals surface area contributed by atoms with Crippen LogP contribution < -0.4 is 5.73 Å². The van der Waals surface area contributed by atoms with E-state index in [0.717, 1.165) is 13.1 Å². The number of nitrogens with zero attached hydrogens (tertiary/aromatic N) is 1. The van der Waals surface area contributed by atoms with Crippen molar-refractivity contribution in [2.45, 2.75) is 25.3 Å². The quantitative estimate of drug-likeness (QED) is 0.599. The minimum Gasteiger partial charge on any atom is -0.388 e. The van der Waals surface area contributed by atoms with Gasteiger partial charge in [0.25, 0.3) is 0 Å². The van der Waals surface area contributed by atoms with E-state index in [1.807, 2.05) is 6.07 Å². The molecule has 3 nitrogen and oxygen atoms in total. The molecule has 0 saturated carbocycles. The summed E-state index contributed by atoms with van der Waals surface area (Å²) in [5.41, 5.74) is 6.83. The van der Waals surface area contributed by atoms with E-state index < -0.39 is 0 Å². The summed E-state index contributed by atoms with van der Waals surface area (Å²) in [4.78, 5) is 2.44. The van der Waals surface area contributed by atoms with E-state index in [-0.39, 0.29) is 5.84 Å². The summed E-state index contributed by atoms with van der Waals surface area (Å²) < 4.78 is 0. The van der Waals surface area contributed by atoms with E-state index >= 15 is 0 Å². The maximum absolute atomic E-state index is 7.49. The topological polar surface area (TPSA) is 53.1 Å². The van der Waals surface area contributed by atoms with E-state index in [0.29, 0.717) is 12.5 Å². The molecule has 1 atom stereocenters. The SMILES string of the molecule is N=C(N)CC(c1ccccc1)N1CCCC1. The van der Waals surface area contributed by atoms with Crippen molar-refractivity contribution in [1.82, 2.24) is 4.90 Å². The normalized spacial score (nSPS) is 18.5. The Balaban J connectivity index is 2.16. The van der Waals surface area contributed by atoms with Gasteiger partial charge in [-0.15, -0.1) is 0 Å². The van der Waals surface area contributed by atoms with Crippen LogP contribution in [0, 0.1) is 5.41 Å². The van der Waals surface area contributed by atoms with Gasteiger partial charge in [0.05, 0.1) is 5.84 Å². The number of rotatable bonds is 4. The molecular formula is C13H19N3. The van der Waals surface area contributed by atoms with Crippen molar-refractivity contribution < 1.29 is 0 Å². The molecule has 3 heteroatoms.